The summed E-state index contributed by atoms with van der Waals surface area (Å²) < 4.78 is 28.2. The minimum Gasteiger partial charge on any atom is -0.279 e. The summed E-state index contributed by atoms with van der Waals surface area (Å²) in [5.74, 6) is 0. The van der Waals surface area contributed by atoms with Gasteiger partial charge in [-0.2, -0.15) is 0 Å². The van der Waals surface area contributed by atoms with Gasteiger partial charge >= 0.3 is 0 Å². The molecule has 0 saturated carbocycles. The maximum absolute atomic E-state index is 12.8. The highest BCUT2D eigenvalue weighted by atomic mass is 32.2. The van der Waals surface area contributed by atoms with E-state index < -0.39 is 10.0 Å². The molecule has 3 rings (SSSR count). The molecule has 0 amide bonds. The summed E-state index contributed by atoms with van der Waals surface area (Å²) in [4.78, 5) is 0.298. The van der Waals surface area contributed by atoms with Gasteiger partial charge in [-0.1, -0.05) is 48.5 Å². The Morgan fingerprint density at radius 3 is 2.32 bits per heavy atom. The van der Waals surface area contributed by atoms with Crippen LogP contribution in [0.2, 0.25) is 0 Å². The maximum Gasteiger partial charge on any atom is 0.262 e. The average Bonchev–Trinajstić information content (AvgIpc) is 2.51. The first-order chi connectivity index (χ1) is 10.5. The van der Waals surface area contributed by atoms with Crippen molar-refractivity contribution in [3.05, 3.63) is 71.8 Å². The summed E-state index contributed by atoms with van der Waals surface area (Å²) in [6, 6.07) is 18.4. The molecule has 0 fully saturated rings. The molecule has 0 unspecified atom stereocenters. The largest absolute Gasteiger partial charge is 0.279 e. The number of nitrogens with one attached hydrogen (secondary N) is 1. The predicted octanol–water partition coefficient (Wildman–Crippen LogP) is 4.26. The van der Waals surface area contributed by atoms with Crippen molar-refractivity contribution in [1.29, 1.82) is 0 Å². The van der Waals surface area contributed by atoms with Crippen LogP contribution in [0.4, 0.5) is 5.69 Å². The zero-order valence-corrected chi connectivity index (χ0v) is 13.3. The Morgan fingerprint density at radius 2 is 1.50 bits per heavy atom. The Balaban J connectivity index is 2.11. The van der Waals surface area contributed by atoms with Crippen molar-refractivity contribution >= 4 is 26.5 Å². The fraction of sp³-hybridized carbons (Fsp3) is 0.111. The van der Waals surface area contributed by atoms with Crippen LogP contribution >= 0.6 is 0 Å². The van der Waals surface area contributed by atoms with Crippen molar-refractivity contribution < 1.29 is 8.42 Å². The molecule has 4 heteroatoms. The number of fused-ring (bicyclic) bond motifs is 1. The summed E-state index contributed by atoms with van der Waals surface area (Å²) in [7, 11) is -3.63. The van der Waals surface area contributed by atoms with E-state index in [0.29, 0.717) is 10.6 Å². The lowest BCUT2D eigenvalue weighted by molar-refractivity contribution is 0.602. The van der Waals surface area contributed by atoms with Gasteiger partial charge in [-0.05, 0) is 42.5 Å². The summed E-state index contributed by atoms with van der Waals surface area (Å²) in [6.07, 6.45) is 0. The van der Waals surface area contributed by atoms with Crippen molar-refractivity contribution in [2.45, 2.75) is 18.7 Å². The Morgan fingerprint density at radius 1 is 0.818 bits per heavy atom. The molecule has 0 aromatic heterocycles. The monoisotopic (exact) mass is 311 g/mol. The van der Waals surface area contributed by atoms with Gasteiger partial charge in [-0.25, -0.2) is 8.42 Å². The third-order valence-electron chi connectivity index (χ3n) is 3.89. The van der Waals surface area contributed by atoms with Crippen LogP contribution < -0.4 is 4.72 Å². The molecule has 0 heterocycles. The van der Waals surface area contributed by atoms with Gasteiger partial charge in [0.2, 0.25) is 0 Å². The van der Waals surface area contributed by atoms with Crippen LogP contribution in [0.15, 0.2) is 65.6 Å². The molecule has 0 aliphatic rings. The van der Waals surface area contributed by atoms with Gasteiger partial charge in [0.15, 0.2) is 0 Å². The Hall–Kier alpha value is -2.33. The molecule has 3 nitrogen and oxygen atoms in total. The zero-order valence-electron chi connectivity index (χ0n) is 12.5. The molecule has 3 aromatic rings. The fourth-order valence-corrected chi connectivity index (χ4v) is 3.85. The number of benzene rings is 3. The molecule has 0 atom stereocenters. The molecule has 0 radical (unpaired) electrons. The van der Waals surface area contributed by atoms with Gasteiger partial charge in [-0.3, -0.25) is 4.72 Å². The van der Waals surface area contributed by atoms with Crippen LogP contribution in [0.1, 0.15) is 11.1 Å². The number of rotatable bonds is 3. The van der Waals surface area contributed by atoms with Gasteiger partial charge in [0.05, 0.1) is 10.6 Å². The van der Waals surface area contributed by atoms with Crippen LogP contribution in [-0.4, -0.2) is 8.42 Å². The highest BCUT2D eigenvalue weighted by Gasteiger charge is 2.18. The minimum absolute atomic E-state index is 0.298. The number of hydrogen-bond donors (Lipinski definition) is 1. The molecule has 112 valence electrons. The van der Waals surface area contributed by atoms with Crippen molar-refractivity contribution in [3.63, 3.8) is 0 Å². The summed E-state index contributed by atoms with van der Waals surface area (Å²) >= 11 is 0. The van der Waals surface area contributed by atoms with Crippen LogP contribution in [0.25, 0.3) is 10.8 Å². The van der Waals surface area contributed by atoms with E-state index in [0.717, 1.165) is 21.9 Å². The maximum atomic E-state index is 12.8. The fourth-order valence-electron chi connectivity index (χ4n) is 2.49. The lowest BCUT2D eigenvalue weighted by Gasteiger charge is -2.13. The van der Waals surface area contributed by atoms with Crippen molar-refractivity contribution in [2.24, 2.45) is 0 Å². The third kappa shape index (κ3) is 2.57. The van der Waals surface area contributed by atoms with Crippen LogP contribution in [0.3, 0.4) is 0 Å². The second kappa shape index (κ2) is 5.46. The predicted molar refractivity (Wildman–Crippen MR) is 90.7 cm³/mol. The Kier molecular flexibility index (Phi) is 3.62. The second-order valence-electron chi connectivity index (χ2n) is 5.33. The molecule has 22 heavy (non-hydrogen) atoms. The van der Waals surface area contributed by atoms with Gasteiger partial charge in [0, 0.05) is 5.39 Å². The van der Waals surface area contributed by atoms with Crippen LogP contribution in [0, 0.1) is 13.8 Å². The Bertz CT molecular complexity index is 941. The first kappa shape index (κ1) is 14.6. The van der Waals surface area contributed by atoms with Crippen LogP contribution in [0.5, 0.6) is 0 Å². The summed E-state index contributed by atoms with van der Waals surface area (Å²) in [6.45, 7) is 3.88. The number of hydrogen-bond acceptors (Lipinski definition) is 2. The van der Waals surface area contributed by atoms with E-state index in [1.165, 1.54) is 0 Å². The van der Waals surface area contributed by atoms with E-state index in [1.807, 2.05) is 56.3 Å². The first-order valence-corrected chi connectivity index (χ1v) is 8.54. The molecule has 0 spiro atoms. The van der Waals surface area contributed by atoms with Gasteiger partial charge in [0.1, 0.15) is 0 Å². The first-order valence-electron chi connectivity index (χ1n) is 7.06. The van der Waals surface area contributed by atoms with E-state index in [-0.39, 0.29) is 0 Å². The van der Waals surface area contributed by atoms with Crippen molar-refractivity contribution in [3.8, 4) is 0 Å². The minimum atomic E-state index is -3.63. The standard InChI is InChI=1S/C18H17NO2S/c1-13-7-5-11-17(14(13)2)19-22(20,21)18-12-6-9-15-8-3-4-10-16(15)18/h3-12,19H,1-2H3. The van der Waals surface area contributed by atoms with E-state index in [1.54, 1.807) is 18.2 Å². The molecule has 1 N–H and O–H groups in total. The summed E-state index contributed by atoms with van der Waals surface area (Å²) in [5, 5.41) is 1.63. The normalized spacial score (nSPS) is 11.5. The molecule has 0 bridgehead atoms. The lowest BCUT2D eigenvalue weighted by atomic mass is 10.1. The van der Waals surface area contributed by atoms with Gasteiger partial charge in [-0.15, -0.1) is 0 Å². The van der Waals surface area contributed by atoms with Crippen LogP contribution in [-0.2, 0) is 10.0 Å². The van der Waals surface area contributed by atoms with E-state index in [9.17, 15) is 8.42 Å². The molecular formula is C18H17NO2S. The SMILES string of the molecule is Cc1cccc(NS(=O)(=O)c2cccc3ccccc23)c1C. The smallest absolute Gasteiger partial charge is 0.262 e. The molecule has 0 saturated heterocycles. The number of sulfonamides is 1. The highest BCUT2D eigenvalue weighted by Crippen LogP contribution is 2.26. The molecular weight excluding hydrogens is 294 g/mol. The zero-order chi connectivity index (χ0) is 15.7. The number of anilines is 1. The molecule has 3 aromatic carbocycles. The van der Waals surface area contributed by atoms with Crippen molar-refractivity contribution in [2.75, 3.05) is 4.72 Å². The lowest BCUT2D eigenvalue weighted by Crippen LogP contribution is -2.14. The Labute approximate surface area is 130 Å². The highest BCUT2D eigenvalue weighted by molar-refractivity contribution is 7.93. The van der Waals surface area contributed by atoms with E-state index >= 15 is 0 Å². The number of aryl methyl sites for hydroxylation is 1. The molecule has 0 aliphatic heterocycles. The quantitative estimate of drug-likeness (QED) is 0.785. The van der Waals surface area contributed by atoms with Gasteiger partial charge < -0.3 is 0 Å². The third-order valence-corrected chi connectivity index (χ3v) is 5.31. The topological polar surface area (TPSA) is 46.2 Å². The summed E-state index contributed by atoms with van der Waals surface area (Å²) in [5.41, 5.74) is 2.61. The average molecular weight is 311 g/mol. The molecule has 0 aliphatic carbocycles. The van der Waals surface area contributed by atoms with Crippen molar-refractivity contribution in [1.82, 2.24) is 0 Å². The van der Waals surface area contributed by atoms with Gasteiger partial charge in [0.25, 0.3) is 10.0 Å². The second-order valence-corrected chi connectivity index (χ2v) is 6.98. The van der Waals surface area contributed by atoms with E-state index in [4.69, 9.17) is 0 Å². The van der Waals surface area contributed by atoms with E-state index in [2.05, 4.69) is 4.72 Å².